The van der Waals surface area contributed by atoms with Crippen LogP contribution >= 0.6 is 22.9 Å². The number of nitrogens with zero attached hydrogens (tertiary/aromatic N) is 4. The molecule has 146 valence electrons. The Balaban J connectivity index is 1.39. The molecule has 1 amide bonds. The van der Waals surface area contributed by atoms with Gasteiger partial charge in [0.2, 0.25) is 5.91 Å². The third-order valence-electron chi connectivity index (χ3n) is 5.09. The van der Waals surface area contributed by atoms with Crippen LogP contribution in [0.4, 0.5) is 0 Å². The molecule has 1 fully saturated rings. The van der Waals surface area contributed by atoms with Crippen LogP contribution in [-0.2, 0) is 17.9 Å². The lowest BCUT2D eigenvalue weighted by Crippen LogP contribution is -2.49. The van der Waals surface area contributed by atoms with Crippen LogP contribution in [-0.4, -0.2) is 51.4 Å². The van der Waals surface area contributed by atoms with Gasteiger partial charge in [0.25, 0.3) is 5.56 Å². The summed E-state index contributed by atoms with van der Waals surface area (Å²) in [4.78, 5) is 35.1. The molecule has 0 bridgehead atoms. The number of hydrogen-bond acceptors (Lipinski definition) is 5. The predicted octanol–water partition coefficient (Wildman–Crippen LogP) is 2.76. The van der Waals surface area contributed by atoms with Crippen molar-refractivity contribution in [3.8, 4) is 0 Å². The van der Waals surface area contributed by atoms with Gasteiger partial charge >= 0.3 is 0 Å². The largest absolute Gasteiger partial charge is 0.339 e. The number of aryl methyl sites for hydroxylation is 1. The monoisotopic (exact) mass is 416 g/mol. The third-order valence-corrected chi connectivity index (χ3v) is 6.31. The average molecular weight is 417 g/mol. The Labute approximate surface area is 172 Å². The maximum Gasteiger partial charge on any atom is 0.261 e. The minimum absolute atomic E-state index is 0.0241. The molecule has 1 saturated heterocycles. The van der Waals surface area contributed by atoms with Gasteiger partial charge in [0.1, 0.15) is 6.54 Å². The minimum atomic E-state index is -0.171. The Morgan fingerprint density at radius 3 is 2.68 bits per heavy atom. The van der Waals surface area contributed by atoms with Gasteiger partial charge < -0.3 is 4.90 Å². The van der Waals surface area contributed by atoms with Gasteiger partial charge in [-0.25, -0.2) is 4.98 Å². The summed E-state index contributed by atoms with van der Waals surface area (Å²) in [7, 11) is 0. The highest BCUT2D eigenvalue weighted by molar-refractivity contribution is 7.16. The standard InChI is InChI=1S/C20H21ClN4O2S/c1-14-3-2-4-16-19(14)22-13-25(20(16)27)12-18(26)24-9-7-23(8-10-24)11-15-5-6-17(21)28-15/h2-6,13H,7-12H2,1H3. The molecule has 0 saturated carbocycles. The lowest BCUT2D eigenvalue weighted by molar-refractivity contribution is -0.133. The smallest absolute Gasteiger partial charge is 0.261 e. The molecule has 28 heavy (non-hydrogen) atoms. The van der Waals surface area contributed by atoms with Crippen LogP contribution in [0, 0.1) is 6.92 Å². The molecule has 0 radical (unpaired) electrons. The molecule has 3 heterocycles. The molecule has 1 aliphatic rings. The highest BCUT2D eigenvalue weighted by atomic mass is 35.5. The van der Waals surface area contributed by atoms with Crippen molar-refractivity contribution in [2.75, 3.05) is 26.2 Å². The number of piperazine rings is 1. The molecule has 0 spiro atoms. The Morgan fingerprint density at radius 2 is 1.96 bits per heavy atom. The zero-order valence-electron chi connectivity index (χ0n) is 15.6. The third kappa shape index (κ3) is 3.97. The van der Waals surface area contributed by atoms with E-state index < -0.39 is 0 Å². The number of fused-ring (bicyclic) bond motifs is 1. The summed E-state index contributed by atoms with van der Waals surface area (Å²) in [6, 6.07) is 9.48. The summed E-state index contributed by atoms with van der Waals surface area (Å²) < 4.78 is 2.21. The van der Waals surface area contributed by atoms with E-state index in [4.69, 9.17) is 11.6 Å². The number of halogens is 1. The fraction of sp³-hybridized carbons (Fsp3) is 0.350. The van der Waals surface area contributed by atoms with E-state index in [2.05, 4.69) is 9.88 Å². The van der Waals surface area contributed by atoms with Gasteiger partial charge in [-0.3, -0.25) is 19.1 Å². The van der Waals surface area contributed by atoms with Gasteiger partial charge in [0, 0.05) is 37.6 Å². The van der Waals surface area contributed by atoms with Gasteiger partial charge in [-0.2, -0.15) is 0 Å². The number of carbonyl (C=O) groups excluding carboxylic acids is 1. The number of aromatic nitrogens is 2. The van der Waals surface area contributed by atoms with Crippen molar-refractivity contribution >= 4 is 39.7 Å². The van der Waals surface area contributed by atoms with Crippen LogP contribution in [0.3, 0.4) is 0 Å². The fourth-order valence-electron chi connectivity index (χ4n) is 3.51. The first kappa shape index (κ1) is 19.1. The van der Waals surface area contributed by atoms with Crippen molar-refractivity contribution in [1.29, 1.82) is 0 Å². The van der Waals surface area contributed by atoms with E-state index in [1.165, 1.54) is 15.8 Å². The van der Waals surface area contributed by atoms with E-state index in [0.717, 1.165) is 29.5 Å². The zero-order valence-corrected chi connectivity index (χ0v) is 17.2. The second-order valence-corrected chi connectivity index (χ2v) is 8.81. The van der Waals surface area contributed by atoms with Crippen molar-refractivity contribution in [3.05, 3.63) is 61.8 Å². The number of thiophene rings is 1. The molecule has 6 nitrogen and oxygen atoms in total. The molecule has 2 aromatic heterocycles. The quantitative estimate of drug-likeness (QED) is 0.656. The molecule has 0 atom stereocenters. The van der Waals surface area contributed by atoms with Crippen molar-refractivity contribution in [2.24, 2.45) is 0 Å². The molecule has 1 aromatic carbocycles. The molecule has 4 rings (SSSR count). The topological polar surface area (TPSA) is 58.4 Å². The van der Waals surface area contributed by atoms with E-state index in [0.29, 0.717) is 24.0 Å². The van der Waals surface area contributed by atoms with E-state index >= 15 is 0 Å². The zero-order chi connectivity index (χ0) is 19.7. The minimum Gasteiger partial charge on any atom is -0.339 e. The number of benzene rings is 1. The van der Waals surface area contributed by atoms with Crippen molar-refractivity contribution in [1.82, 2.24) is 19.4 Å². The normalized spacial score (nSPS) is 15.3. The van der Waals surface area contributed by atoms with Crippen LogP contribution < -0.4 is 5.56 Å². The molecule has 1 aliphatic heterocycles. The van der Waals surface area contributed by atoms with Crippen molar-refractivity contribution in [3.63, 3.8) is 0 Å². The molecule has 0 unspecified atom stereocenters. The van der Waals surface area contributed by atoms with Crippen molar-refractivity contribution < 1.29 is 4.79 Å². The number of hydrogen-bond donors (Lipinski definition) is 0. The maximum atomic E-state index is 12.7. The second-order valence-electron chi connectivity index (χ2n) is 7.01. The van der Waals surface area contributed by atoms with Crippen LogP contribution in [0.15, 0.2) is 41.5 Å². The van der Waals surface area contributed by atoms with Crippen LogP contribution in [0.5, 0.6) is 0 Å². The van der Waals surface area contributed by atoms with E-state index in [1.807, 2.05) is 36.1 Å². The number of carbonyl (C=O) groups is 1. The molecular formula is C20H21ClN4O2S. The Bertz CT molecular complexity index is 1070. The maximum absolute atomic E-state index is 12.7. The predicted molar refractivity (Wildman–Crippen MR) is 112 cm³/mol. The fourth-order valence-corrected chi connectivity index (χ4v) is 4.64. The SMILES string of the molecule is Cc1cccc2c(=O)n(CC(=O)N3CCN(Cc4ccc(Cl)s4)CC3)cnc12. The first-order chi connectivity index (χ1) is 13.5. The number of rotatable bonds is 4. The van der Waals surface area contributed by atoms with Crippen LogP contribution in [0.2, 0.25) is 4.34 Å². The Kier molecular flexibility index (Phi) is 5.48. The first-order valence-corrected chi connectivity index (χ1v) is 10.4. The van der Waals surface area contributed by atoms with E-state index in [9.17, 15) is 9.59 Å². The Hall–Kier alpha value is -2.22. The summed E-state index contributed by atoms with van der Waals surface area (Å²) in [6.45, 7) is 5.74. The van der Waals surface area contributed by atoms with Gasteiger partial charge in [0.05, 0.1) is 21.6 Å². The number of para-hydroxylation sites is 1. The lowest BCUT2D eigenvalue weighted by Gasteiger charge is -2.34. The van der Waals surface area contributed by atoms with Gasteiger partial charge in [-0.05, 0) is 30.7 Å². The molecule has 0 aliphatic carbocycles. The van der Waals surface area contributed by atoms with Crippen LogP contribution in [0.1, 0.15) is 10.4 Å². The van der Waals surface area contributed by atoms with Crippen molar-refractivity contribution in [2.45, 2.75) is 20.0 Å². The summed E-state index contributed by atoms with van der Waals surface area (Å²) in [5.41, 5.74) is 1.48. The average Bonchev–Trinajstić information content (AvgIpc) is 3.10. The Morgan fingerprint density at radius 1 is 1.18 bits per heavy atom. The summed E-state index contributed by atoms with van der Waals surface area (Å²) in [6.07, 6.45) is 1.48. The lowest BCUT2D eigenvalue weighted by atomic mass is 10.1. The van der Waals surface area contributed by atoms with Gasteiger partial charge in [-0.15, -0.1) is 11.3 Å². The second kappa shape index (κ2) is 8.03. The molecular weight excluding hydrogens is 396 g/mol. The summed E-state index contributed by atoms with van der Waals surface area (Å²) in [5, 5.41) is 0.551. The highest BCUT2D eigenvalue weighted by Gasteiger charge is 2.22. The first-order valence-electron chi connectivity index (χ1n) is 9.20. The van der Waals surface area contributed by atoms with Gasteiger partial charge in [-0.1, -0.05) is 23.7 Å². The van der Waals surface area contributed by atoms with Gasteiger partial charge in [0.15, 0.2) is 0 Å². The summed E-state index contributed by atoms with van der Waals surface area (Å²) >= 11 is 7.58. The van der Waals surface area contributed by atoms with E-state index in [-0.39, 0.29) is 18.0 Å². The molecule has 0 N–H and O–H groups in total. The number of amides is 1. The van der Waals surface area contributed by atoms with Crippen LogP contribution in [0.25, 0.3) is 10.9 Å². The van der Waals surface area contributed by atoms with E-state index in [1.54, 1.807) is 17.4 Å². The molecule has 8 heteroatoms. The highest BCUT2D eigenvalue weighted by Crippen LogP contribution is 2.23. The summed E-state index contributed by atoms with van der Waals surface area (Å²) in [5.74, 6) is -0.0466. The molecule has 3 aromatic rings.